The highest BCUT2D eigenvalue weighted by molar-refractivity contribution is 7.12. The van der Waals surface area contributed by atoms with Crippen LogP contribution in [0.1, 0.15) is 48.0 Å². The lowest BCUT2D eigenvalue weighted by Gasteiger charge is -2.36. The number of primary amides is 1. The lowest BCUT2D eigenvalue weighted by atomic mass is 9.92. The monoisotopic (exact) mass is 387 g/mol. The summed E-state index contributed by atoms with van der Waals surface area (Å²) in [7, 11) is 0. The zero-order chi connectivity index (χ0) is 19.1. The minimum Gasteiger partial charge on any atom is -0.489 e. The second-order valence-electron chi connectivity index (χ2n) is 7.05. The maximum atomic E-state index is 11.8. The van der Waals surface area contributed by atoms with Crippen LogP contribution in [0, 0.1) is 0 Å². The fourth-order valence-corrected chi connectivity index (χ4v) is 4.27. The second kappa shape index (κ2) is 6.84. The molecule has 1 atom stereocenters. The third-order valence-electron chi connectivity index (χ3n) is 5.28. The van der Waals surface area contributed by atoms with E-state index in [4.69, 9.17) is 10.5 Å². The van der Waals surface area contributed by atoms with Crippen molar-refractivity contribution in [3.05, 3.63) is 28.1 Å². The van der Waals surface area contributed by atoms with Crippen molar-refractivity contribution in [3.8, 4) is 17.0 Å². The van der Waals surface area contributed by atoms with E-state index >= 15 is 0 Å². The first kappa shape index (κ1) is 17.8. The van der Waals surface area contributed by atoms with E-state index in [9.17, 15) is 14.7 Å². The van der Waals surface area contributed by atoms with Crippen LogP contribution in [0.25, 0.3) is 11.3 Å². The Bertz CT molecular complexity index is 906. The van der Waals surface area contributed by atoms with Crippen LogP contribution >= 0.6 is 11.3 Å². The van der Waals surface area contributed by atoms with Gasteiger partial charge in [-0.1, -0.05) is 0 Å². The Hall–Kier alpha value is -2.61. The minimum absolute atomic E-state index is 0.0851. The number of hydrogen-bond acceptors (Lipinski definition) is 5. The van der Waals surface area contributed by atoms with Crippen LogP contribution in [-0.4, -0.2) is 34.2 Å². The van der Waals surface area contributed by atoms with Gasteiger partial charge >= 0.3 is 6.09 Å². The largest absolute Gasteiger partial charge is 0.489 e. The molecule has 1 aromatic heterocycles. The third kappa shape index (κ3) is 3.14. The SMILES string of the molecule is C[C@H]1CCc2c(ccc(-c3csc(C(N)=O)n3)c2OC2CCC2)N1C(=O)O. The van der Waals surface area contributed by atoms with Gasteiger partial charge in [-0.3, -0.25) is 9.69 Å². The maximum Gasteiger partial charge on any atom is 0.412 e. The molecule has 1 saturated carbocycles. The number of fused-ring (bicyclic) bond motifs is 1. The Kier molecular flexibility index (Phi) is 4.51. The number of nitrogens with two attached hydrogens (primary N) is 1. The quantitative estimate of drug-likeness (QED) is 0.833. The number of benzene rings is 1. The number of amides is 2. The fourth-order valence-electron chi connectivity index (χ4n) is 3.60. The number of hydrogen-bond donors (Lipinski definition) is 2. The van der Waals surface area contributed by atoms with Gasteiger partial charge in [-0.25, -0.2) is 9.78 Å². The summed E-state index contributed by atoms with van der Waals surface area (Å²) in [5, 5.41) is 11.7. The number of carboxylic acid groups (broad SMARTS) is 1. The normalized spacial score (nSPS) is 19.3. The summed E-state index contributed by atoms with van der Waals surface area (Å²) in [6.45, 7) is 1.91. The predicted molar refractivity (Wildman–Crippen MR) is 103 cm³/mol. The minimum atomic E-state index is -0.963. The Morgan fingerprint density at radius 3 is 2.70 bits per heavy atom. The van der Waals surface area contributed by atoms with Gasteiger partial charge in [-0.15, -0.1) is 11.3 Å². The van der Waals surface area contributed by atoms with Crippen LogP contribution < -0.4 is 15.4 Å². The van der Waals surface area contributed by atoms with E-state index in [1.54, 1.807) is 5.38 Å². The number of thiazole rings is 1. The van der Waals surface area contributed by atoms with E-state index in [2.05, 4.69) is 4.98 Å². The lowest BCUT2D eigenvalue weighted by Crippen LogP contribution is -2.41. The highest BCUT2D eigenvalue weighted by atomic mass is 32.1. The van der Waals surface area contributed by atoms with Gasteiger partial charge < -0.3 is 15.6 Å². The number of ether oxygens (including phenoxy) is 1. The number of nitrogens with zero attached hydrogens (tertiary/aromatic N) is 2. The van der Waals surface area contributed by atoms with Crippen molar-refractivity contribution in [3.63, 3.8) is 0 Å². The van der Waals surface area contributed by atoms with E-state index in [-0.39, 0.29) is 17.2 Å². The van der Waals surface area contributed by atoms with Crippen LogP contribution in [-0.2, 0) is 6.42 Å². The van der Waals surface area contributed by atoms with Crippen LogP contribution in [0.15, 0.2) is 17.5 Å². The summed E-state index contributed by atoms with van der Waals surface area (Å²) in [5.74, 6) is 0.133. The van der Waals surface area contributed by atoms with Crippen LogP contribution in [0.2, 0.25) is 0 Å². The lowest BCUT2D eigenvalue weighted by molar-refractivity contribution is 0.0999. The van der Waals surface area contributed by atoms with Gasteiger partial charge in [-0.2, -0.15) is 0 Å². The molecule has 2 amide bonds. The molecule has 2 heterocycles. The molecule has 142 valence electrons. The Morgan fingerprint density at radius 2 is 2.11 bits per heavy atom. The first-order valence-corrected chi connectivity index (χ1v) is 9.94. The standard InChI is InChI=1S/C19H21N3O4S/c1-10-5-6-13-15(22(10)19(24)25)8-7-12(16(13)26-11-3-2-4-11)14-9-27-18(21-14)17(20)23/h7-11H,2-6H2,1H3,(H2,20,23)(H,24,25)/t10-/m0/s1. The van der Waals surface area contributed by atoms with Crippen LogP contribution in [0.5, 0.6) is 5.75 Å². The van der Waals surface area contributed by atoms with E-state index in [1.165, 1.54) is 16.2 Å². The van der Waals surface area contributed by atoms with Gasteiger partial charge in [0.05, 0.1) is 17.5 Å². The Labute approximate surface area is 160 Å². The van der Waals surface area contributed by atoms with Crippen molar-refractivity contribution in [2.24, 2.45) is 5.73 Å². The zero-order valence-electron chi connectivity index (χ0n) is 15.0. The molecule has 27 heavy (non-hydrogen) atoms. The zero-order valence-corrected chi connectivity index (χ0v) is 15.8. The van der Waals surface area contributed by atoms with Crippen LogP contribution in [0.4, 0.5) is 10.5 Å². The number of rotatable bonds is 4. The topological polar surface area (TPSA) is 106 Å². The van der Waals surface area contributed by atoms with Gasteiger partial charge in [0, 0.05) is 22.5 Å². The van der Waals surface area contributed by atoms with Gasteiger partial charge in [0.15, 0.2) is 5.01 Å². The molecule has 7 nitrogen and oxygen atoms in total. The predicted octanol–water partition coefficient (Wildman–Crippen LogP) is 3.66. The average Bonchev–Trinajstić information content (AvgIpc) is 3.07. The van der Waals surface area contributed by atoms with Gasteiger partial charge in [-0.05, 0) is 51.2 Å². The average molecular weight is 387 g/mol. The molecular weight excluding hydrogens is 366 g/mol. The first-order valence-electron chi connectivity index (χ1n) is 9.06. The molecule has 1 aliphatic carbocycles. The highest BCUT2D eigenvalue weighted by Gasteiger charge is 2.33. The molecule has 8 heteroatoms. The smallest absolute Gasteiger partial charge is 0.412 e. The fraction of sp³-hybridized carbons (Fsp3) is 0.421. The molecule has 2 aromatic rings. The van der Waals surface area contributed by atoms with Crippen molar-refractivity contribution in [2.45, 2.75) is 51.2 Å². The summed E-state index contributed by atoms with van der Waals surface area (Å²) < 4.78 is 6.30. The molecule has 4 rings (SSSR count). The van der Waals surface area contributed by atoms with Crippen LogP contribution in [0.3, 0.4) is 0 Å². The molecular formula is C19H21N3O4S. The van der Waals surface area contributed by atoms with Gasteiger partial charge in [0.1, 0.15) is 5.75 Å². The summed E-state index contributed by atoms with van der Waals surface area (Å²) in [6.07, 6.45) is 3.77. The molecule has 0 saturated heterocycles. The van der Waals surface area contributed by atoms with Crippen molar-refractivity contribution < 1.29 is 19.4 Å². The Morgan fingerprint density at radius 1 is 1.33 bits per heavy atom. The summed E-state index contributed by atoms with van der Waals surface area (Å²) in [5.41, 5.74) is 8.32. The van der Waals surface area contributed by atoms with Crippen molar-refractivity contribution in [1.82, 2.24) is 4.98 Å². The third-order valence-corrected chi connectivity index (χ3v) is 6.14. The second-order valence-corrected chi connectivity index (χ2v) is 7.91. The van der Waals surface area contributed by atoms with Crippen molar-refractivity contribution in [2.75, 3.05) is 4.90 Å². The first-order chi connectivity index (χ1) is 13.0. The molecule has 0 radical (unpaired) electrons. The van der Waals surface area contributed by atoms with E-state index in [1.807, 2.05) is 19.1 Å². The summed E-state index contributed by atoms with van der Waals surface area (Å²) in [6, 6.07) is 3.56. The molecule has 1 aromatic carbocycles. The van der Waals surface area contributed by atoms with E-state index in [0.717, 1.165) is 43.2 Å². The maximum absolute atomic E-state index is 11.8. The van der Waals surface area contributed by atoms with Gasteiger partial charge in [0.2, 0.25) is 0 Å². The molecule has 1 fully saturated rings. The van der Waals surface area contributed by atoms with Crippen molar-refractivity contribution >= 4 is 29.0 Å². The highest BCUT2D eigenvalue weighted by Crippen LogP contribution is 2.44. The van der Waals surface area contributed by atoms with E-state index in [0.29, 0.717) is 17.1 Å². The molecule has 1 aliphatic heterocycles. The molecule has 0 bridgehead atoms. The van der Waals surface area contributed by atoms with Gasteiger partial charge in [0.25, 0.3) is 5.91 Å². The molecule has 0 spiro atoms. The van der Waals surface area contributed by atoms with E-state index < -0.39 is 12.0 Å². The molecule has 0 unspecified atom stereocenters. The summed E-state index contributed by atoms with van der Waals surface area (Å²) >= 11 is 1.20. The molecule has 2 aliphatic rings. The van der Waals surface area contributed by atoms with Crippen molar-refractivity contribution in [1.29, 1.82) is 0 Å². The number of anilines is 1. The number of carbonyl (C=O) groups is 2. The number of carbonyl (C=O) groups excluding carboxylic acids is 1. The molecule has 3 N–H and O–H groups in total. The Balaban J connectivity index is 1.83. The summed E-state index contributed by atoms with van der Waals surface area (Å²) in [4.78, 5) is 29.0. The number of aromatic nitrogens is 1.